The van der Waals surface area contributed by atoms with Crippen molar-refractivity contribution in [1.82, 2.24) is 10.5 Å². The number of ether oxygens (including phenoxy) is 1. The van der Waals surface area contributed by atoms with E-state index in [0.717, 1.165) is 19.4 Å². The van der Waals surface area contributed by atoms with Crippen LogP contribution in [-0.4, -0.2) is 30.3 Å². The summed E-state index contributed by atoms with van der Waals surface area (Å²) < 4.78 is 10.4. The maximum Gasteiger partial charge on any atom is 0.256 e. The van der Waals surface area contributed by atoms with Gasteiger partial charge in [0, 0.05) is 13.2 Å². The molecule has 1 N–H and O–H groups in total. The first-order valence-corrected chi connectivity index (χ1v) is 5.51. The van der Waals surface area contributed by atoms with Crippen LogP contribution < -0.4 is 5.32 Å². The van der Waals surface area contributed by atoms with E-state index in [1.165, 1.54) is 0 Å². The van der Waals surface area contributed by atoms with E-state index in [4.69, 9.17) is 9.26 Å². The summed E-state index contributed by atoms with van der Waals surface area (Å²) in [4.78, 5) is 11.8. The van der Waals surface area contributed by atoms with Gasteiger partial charge in [-0.1, -0.05) is 5.16 Å². The van der Waals surface area contributed by atoms with Crippen molar-refractivity contribution in [2.75, 3.05) is 13.2 Å². The lowest BCUT2D eigenvalue weighted by Crippen LogP contribution is -2.32. The lowest BCUT2D eigenvalue weighted by Gasteiger charge is -2.10. The highest BCUT2D eigenvalue weighted by molar-refractivity contribution is 5.96. The fourth-order valence-corrected chi connectivity index (χ4v) is 1.91. The molecule has 1 aromatic heterocycles. The first-order valence-electron chi connectivity index (χ1n) is 5.51. The predicted octanol–water partition coefficient (Wildman–Crippen LogP) is 1.20. The Kier molecular flexibility index (Phi) is 3.24. The van der Waals surface area contributed by atoms with Crippen molar-refractivity contribution in [2.24, 2.45) is 0 Å². The minimum atomic E-state index is -0.133. The summed E-state index contributed by atoms with van der Waals surface area (Å²) in [5.41, 5.74) is 1.17. The quantitative estimate of drug-likeness (QED) is 0.837. The molecule has 0 aromatic carbocycles. The van der Waals surface area contributed by atoms with Gasteiger partial charge in [-0.05, 0) is 26.7 Å². The molecule has 1 amide bonds. The zero-order chi connectivity index (χ0) is 11.5. The van der Waals surface area contributed by atoms with E-state index >= 15 is 0 Å². The van der Waals surface area contributed by atoms with Gasteiger partial charge < -0.3 is 14.6 Å². The van der Waals surface area contributed by atoms with Gasteiger partial charge in [0.1, 0.15) is 11.3 Å². The van der Waals surface area contributed by atoms with Crippen molar-refractivity contribution in [3.63, 3.8) is 0 Å². The first-order chi connectivity index (χ1) is 7.68. The van der Waals surface area contributed by atoms with Crippen molar-refractivity contribution in [2.45, 2.75) is 32.8 Å². The Labute approximate surface area is 94.1 Å². The minimum absolute atomic E-state index is 0.133. The van der Waals surface area contributed by atoms with Crippen LogP contribution in [0.1, 0.15) is 34.7 Å². The van der Waals surface area contributed by atoms with E-state index in [-0.39, 0.29) is 12.0 Å². The molecule has 0 spiro atoms. The van der Waals surface area contributed by atoms with E-state index in [1.807, 2.05) is 0 Å². The molecule has 1 aliphatic rings. The van der Waals surface area contributed by atoms with Crippen LogP contribution in [0.3, 0.4) is 0 Å². The monoisotopic (exact) mass is 224 g/mol. The number of carbonyl (C=O) groups is 1. The van der Waals surface area contributed by atoms with E-state index < -0.39 is 0 Å². The van der Waals surface area contributed by atoms with Gasteiger partial charge in [-0.15, -0.1) is 0 Å². The summed E-state index contributed by atoms with van der Waals surface area (Å²) in [6.07, 6.45) is 2.25. The third-order valence-corrected chi connectivity index (χ3v) is 2.77. The number of aryl methyl sites for hydroxylation is 2. The normalized spacial score (nSPS) is 20.0. The Morgan fingerprint density at radius 1 is 1.56 bits per heavy atom. The van der Waals surface area contributed by atoms with E-state index in [9.17, 15) is 4.79 Å². The molecule has 0 radical (unpaired) electrons. The Bertz CT molecular complexity index is 361. The second kappa shape index (κ2) is 4.65. The lowest BCUT2D eigenvalue weighted by molar-refractivity contribution is 0.0856. The van der Waals surface area contributed by atoms with Gasteiger partial charge in [0.25, 0.3) is 5.91 Å². The molecule has 5 nitrogen and oxygen atoms in total. The van der Waals surface area contributed by atoms with E-state index in [1.54, 1.807) is 13.8 Å². The molecule has 1 fully saturated rings. The molecule has 0 aliphatic carbocycles. The first kappa shape index (κ1) is 11.1. The SMILES string of the molecule is Cc1noc(C)c1C(=O)NC[C@@H]1CCCO1. The third-order valence-electron chi connectivity index (χ3n) is 2.77. The molecule has 1 aliphatic heterocycles. The van der Waals surface area contributed by atoms with Crippen LogP contribution >= 0.6 is 0 Å². The number of nitrogens with zero attached hydrogens (tertiary/aromatic N) is 1. The number of rotatable bonds is 3. The van der Waals surface area contributed by atoms with Gasteiger partial charge in [0.05, 0.1) is 11.8 Å². The fourth-order valence-electron chi connectivity index (χ4n) is 1.91. The number of amides is 1. The van der Waals surface area contributed by atoms with Crippen LogP contribution in [0.25, 0.3) is 0 Å². The molecule has 2 rings (SSSR count). The molecular formula is C11H16N2O3. The predicted molar refractivity (Wildman–Crippen MR) is 57.3 cm³/mol. The minimum Gasteiger partial charge on any atom is -0.376 e. The van der Waals surface area contributed by atoms with Crippen LogP contribution in [0.15, 0.2) is 4.52 Å². The molecule has 1 aromatic rings. The molecule has 0 unspecified atom stereocenters. The largest absolute Gasteiger partial charge is 0.376 e. The van der Waals surface area contributed by atoms with Crippen molar-refractivity contribution >= 4 is 5.91 Å². The Balaban J connectivity index is 1.92. The number of nitrogens with one attached hydrogen (secondary N) is 1. The topological polar surface area (TPSA) is 64.4 Å². The summed E-state index contributed by atoms with van der Waals surface area (Å²) in [6, 6.07) is 0. The zero-order valence-corrected chi connectivity index (χ0v) is 9.58. The average molecular weight is 224 g/mol. The molecular weight excluding hydrogens is 208 g/mol. The van der Waals surface area contributed by atoms with Crippen LogP contribution in [0, 0.1) is 13.8 Å². The standard InChI is InChI=1S/C11H16N2O3/c1-7-10(8(2)16-13-7)11(14)12-6-9-4-3-5-15-9/h9H,3-6H2,1-2H3,(H,12,14)/t9-/m0/s1. The summed E-state index contributed by atoms with van der Waals surface area (Å²) in [5, 5.41) is 6.59. The highest BCUT2D eigenvalue weighted by Gasteiger charge is 2.20. The second-order valence-corrected chi connectivity index (χ2v) is 4.04. The highest BCUT2D eigenvalue weighted by atomic mass is 16.5. The number of carbonyl (C=O) groups excluding carboxylic acids is 1. The fraction of sp³-hybridized carbons (Fsp3) is 0.636. The maximum atomic E-state index is 11.8. The second-order valence-electron chi connectivity index (χ2n) is 4.04. The molecule has 88 valence electrons. The van der Waals surface area contributed by atoms with Crippen molar-refractivity contribution in [1.29, 1.82) is 0 Å². The maximum absolute atomic E-state index is 11.8. The Morgan fingerprint density at radius 3 is 2.94 bits per heavy atom. The molecule has 0 saturated carbocycles. The van der Waals surface area contributed by atoms with Crippen LogP contribution in [0.4, 0.5) is 0 Å². The molecule has 16 heavy (non-hydrogen) atoms. The van der Waals surface area contributed by atoms with Gasteiger partial charge in [-0.2, -0.15) is 0 Å². The van der Waals surface area contributed by atoms with Gasteiger partial charge in [-0.3, -0.25) is 4.79 Å². The van der Waals surface area contributed by atoms with Gasteiger partial charge >= 0.3 is 0 Å². The average Bonchev–Trinajstić information content (AvgIpc) is 2.86. The smallest absolute Gasteiger partial charge is 0.256 e. The summed E-state index contributed by atoms with van der Waals surface area (Å²) in [5.74, 6) is 0.425. The van der Waals surface area contributed by atoms with Gasteiger partial charge in [-0.25, -0.2) is 0 Å². The molecule has 5 heteroatoms. The van der Waals surface area contributed by atoms with Gasteiger partial charge in [0.2, 0.25) is 0 Å². The molecule has 1 atom stereocenters. The molecule has 2 heterocycles. The number of aromatic nitrogens is 1. The van der Waals surface area contributed by atoms with Crippen LogP contribution in [0.2, 0.25) is 0 Å². The van der Waals surface area contributed by atoms with Gasteiger partial charge in [0.15, 0.2) is 0 Å². The Hall–Kier alpha value is -1.36. The zero-order valence-electron chi connectivity index (χ0n) is 9.58. The van der Waals surface area contributed by atoms with Crippen LogP contribution in [0.5, 0.6) is 0 Å². The number of hydrogen-bond donors (Lipinski definition) is 1. The van der Waals surface area contributed by atoms with Crippen molar-refractivity contribution in [3.05, 3.63) is 17.0 Å². The van der Waals surface area contributed by atoms with E-state index in [2.05, 4.69) is 10.5 Å². The molecule has 1 saturated heterocycles. The van der Waals surface area contributed by atoms with Crippen LogP contribution in [-0.2, 0) is 4.74 Å². The number of hydrogen-bond acceptors (Lipinski definition) is 4. The molecule has 0 bridgehead atoms. The third kappa shape index (κ3) is 2.24. The highest BCUT2D eigenvalue weighted by Crippen LogP contribution is 2.13. The summed E-state index contributed by atoms with van der Waals surface area (Å²) in [6.45, 7) is 4.85. The van der Waals surface area contributed by atoms with Crippen molar-refractivity contribution in [3.8, 4) is 0 Å². The van der Waals surface area contributed by atoms with E-state index in [0.29, 0.717) is 23.6 Å². The summed E-state index contributed by atoms with van der Waals surface area (Å²) in [7, 11) is 0. The lowest BCUT2D eigenvalue weighted by atomic mass is 10.2. The summed E-state index contributed by atoms with van der Waals surface area (Å²) >= 11 is 0. The Morgan fingerprint density at radius 2 is 2.38 bits per heavy atom. The van der Waals surface area contributed by atoms with Crippen molar-refractivity contribution < 1.29 is 14.1 Å².